The van der Waals surface area contributed by atoms with Gasteiger partial charge in [0.15, 0.2) is 0 Å². The van der Waals surface area contributed by atoms with Crippen LogP contribution in [0.25, 0.3) is 0 Å². The molecular weight excluding hydrogens is 462 g/mol. The van der Waals surface area contributed by atoms with Crippen LogP contribution >= 0.6 is 0 Å². The topological polar surface area (TPSA) is 117 Å². The van der Waals surface area contributed by atoms with Crippen LogP contribution in [0.3, 0.4) is 0 Å². The van der Waals surface area contributed by atoms with Crippen LogP contribution in [0.5, 0.6) is 5.75 Å². The van der Waals surface area contributed by atoms with Gasteiger partial charge in [0.05, 0.1) is 13.7 Å². The first-order valence-corrected chi connectivity index (χ1v) is 12.1. The van der Waals surface area contributed by atoms with Crippen LogP contribution in [-0.2, 0) is 14.3 Å². The quantitative estimate of drug-likeness (QED) is 0.487. The minimum absolute atomic E-state index is 0.209. The van der Waals surface area contributed by atoms with E-state index in [1.54, 1.807) is 76.4 Å². The fourth-order valence-corrected chi connectivity index (χ4v) is 3.96. The van der Waals surface area contributed by atoms with Crippen LogP contribution in [0.1, 0.15) is 51.6 Å². The van der Waals surface area contributed by atoms with Crippen LogP contribution in [0.2, 0.25) is 0 Å². The second kappa shape index (κ2) is 11.9. The summed E-state index contributed by atoms with van der Waals surface area (Å²) in [5, 5.41) is 15.4. The molecule has 0 bridgehead atoms. The number of carbonyl (C=O) groups excluding carboxylic acids is 3. The van der Waals surface area contributed by atoms with Crippen molar-refractivity contribution < 1.29 is 29.0 Å². The van der Waals surface area contributed by atoms with Gasteiger partial charge in [-0.05, 0) is 69.9 Å². The Morgan fingerprint density at radius 1 is 1.06 bits per heavy atom. The van der Waals surface area contributed by atoms with Crippen molar-refractivity contribution in [1.29, 1.82) is 0 Å². The number of hydrogen-bond donors (Lipinski definition) is 3. The zero-order valence-electron chi connectivity index (χ0n) is 21.2. The van der Waals surface area contributed by atoms with Gasteiger partial charge in [0.1, 0.15) is 23.4 Å². The molecule has 1 saturated carbocycles. The van der Waals surface area contributed by atoms with Crippen molar-refractivity contribution in [2.75, 3.05) is 19.0 Å². The van der Waals surface area contributed by atoms with Gasteiger partial charge in [0.2, 0.25) is 5.91 Å². The predicted octanol–water partition coefficient (Wildman–Crippen LogP) is 3.64. The Morgan fingerprint density at radius 2 is 1.69 bits per heavy atom. The van der Waals surface area contributed by atoms with Crippen molar-refractivity contribution in [3.63, 3.8) is 0 Å². The number of aliphatic hydroxyl groups excluding tert-OH is 1. The van der Waals surface area contributed by atoms with Gasteiger partial charge in [-0.3, -0.25) is 9.59 Å². The lowest BCUT2D eigenvalue weighted by Gasteiger charge is -2.43. The molecule has 0 spiro atoms. The van der Waals surface area contributed by atoms with Gasteiger partial charge >= 0.3 is 6.09 Å². The second-order valence-electron chi connectivity index (χ2n) is 9.74. The van der Waals surface area contributed by atoms with Gasteiger partial charge in [-0.1, -0.05) is 30.3 Å². The summed E-state index contributed by atoms with van der Waals surface area (Å²) in [5.74, 6) is -0.301. The maximum atomic E-state index is 13.8. The number of benzene rings is 2. The summed E-state index contributed by atoms with van der Waals surface area (Å²) in [6.45, 7) is 4.48. The van der Waals surface area contributed by atoms with Gasteiger partial charge in [-0.15, -0.1) is 0 Å². The van der Waals surface area contributed by atoms with E-state index in [9.17, 15) is 19.5 Å². The maximum absolute atomic E-state index is 13.8. The van der Waals surface area contributed by atoms with E-state index in [1.165, 1.54) is 4.90 Å². The molecule has 3 amide bonds. The van der Waals surface area contributed by atoms with Gasteiger partial charge < -0.3 is 30.1 Å². The molecule has 1 aliphatic carbocycles. The van der Waals surface area contributed by atoms with Crippen molar-refractivity contribution in [3.05, 3.63) is 60.2 Å². The van der Waals surface area contributed by atoms with Gasteiger partial charge in [0, 0.05) is 11.7 Å². The SMILES string of the molecule is COc1ccc(NC(=O)C(c2ccccc2)N(C(=O)C(CO)NC(=O)OC(C)(C)C)C2CCC2)cc1. The van der Waals surface area contributed by atoms with Crippen LogP contribution in [0.4, 0.5) is 10.5 Å². The fraction of sp³-hybridized carbons (Fsp3) is 0.444. The summed E-state index contributed by atoms with van der Waals surface area (Å²) >= 11 is 0. The third-order valence-corrected chi connectivity index (χ3v) is 5.89. The molecule has 0 radical (unpaired) electrons. The van der Waals surface area contributed by atoms with Crippen LogP contribution < -0.4 is 15.4 Å². The number of methoxy groups -OCH3 is 1. The molecule has 2 atom stereocenters. The first kappa shape index (κ1) is 27.0. The molecule has 2 aromatic carbocycles. The lowest BCUT2D eigenvalue weighted by molar-refractivity contribution is -0.146. The Labute approximate surface area is 211 Å². The predicted molar refractivity (Wildman–Crippen MR) is 136 cm³/mol. The van der Waals surface area contributed by atoms with Crippen LogP contribution in [0.15, 0.2) is 54.6 Å². The highest BCUT2D eigenvalue weighted by Crippen LogP contribution is 2.34. The highest BCUT2D eigenvalue weighted by molar-refractivity contribution is 5.99. The molecule has 9 nitrogen and oxygen atoms in total. The highest BCUT2D eigenvalue weighted by atomic mass is 16.6. The molecular formula is C27H35N3O6. The molecule has 194 valence electrons. The number of nitrogens with zero attached hydrogens (tertiary/aromatic N) is 1. The van der Waals surface area contributed by atoms with Crippen molar-refractivity contribution in [3.8, 4) is 5.75 Å². The summed E-state index contributed by atoms with van der Waals surface area (Å²) in [4.78, 5) is 41.3. The average molecular weight is 498 g/mol. The van der Waals surface area contributed by atoms with Crippen molar-refractivity contribution in [1.82, 2.24) is 10.2 Å². The Balaban J connectivity index is 1.92. The number of ether oxygens (including phenoxy) is 2. The smallest absolute Gasteiger partial charge is 0.408 e. The minimum atomic E-state index is -1.26. The van der Waals surface area contributed by atoms with Crippen LogP contribution in [0, 0.1) is 0 Å². The number of aliphatic hydroxyl groups is 1. The van der Waals surface area contributed by atoms with E-state index in [0.29, 0.717) is 17.0 Å². The van der Waals surface area contributed by atoms with E-state index in [0.717, 1.165) is 19.3 Å². The molecule has 0 heterocycles. The molecule has 3 N–H and O–H groups in total. The molecule has 36 heavy (non-hydrogen) atoms. The molecule has 9 heteroatoms. The van der Waals surface area contributed by atoms with E-state index >= 15 is 0 Å². The Hall–Kier alpha value is -3.59. The third kappa shape index (κ3) is 6.97. The number of rotatable bonds is 9. The minimum Gasteiger partial charge on any atom is -0.497 e. The van der Waals surface area contributed by atoms with E-state index in [2.05, 4.69) is 10.6 Å². The molecule has 3 rings (SSSR count). The van der Waals surface area contributed by atoms with Gasteiger partial charge in [0.25, 0.3) is 5.91 Å². The van der Waals surface area contributed by atoms with E-state index < -0.39 is 42.2 Å². The number of alkyl carbamates (subject to hydrolysis) is 1. The lowest BCUT2D eigenvalue weighted by Crippen LogP contribution is -2.58. The molecule has 0 aliphatic heterocycles. The number of carbonyl (C=O) groups is 3. The molecule has 0 aromatic heterocycles. The standard InChI is InChI=1S/C27H35N3O6/c1-27(2,3)36-26(34)29-22(17-31)25(33)30(20-11-8-12-20)23(18-9-6-5-7-10-18)24(32)28-19-13-15-21(35-4)16-14-19/h5-7,9-10,13-16,20,22-23,31H,8,11-12,17H2,1-4H3,(H,28,32)(H,29,34). The third-order valence-electron chi connectivity index (χ3n) is 5.89. The second-order valence-corrected chi connectivity index (χ2v) is 9.74. The molecule has 2 aromatic rings. The van der Waals surface area contributed by atoms with Gasteiger partial charge in [-0.2, -0.15) is 0 Å². The maximum Gasteiger partial charge on any atom is 0.408 e. The van der Waals surface area contributed by atoms with Crippen molar-refractivity contribution >= 4 is 23.6 Å². The van der Waals surface area contributed by atoms with E-state index in [1.807, 2.05) is 6.07 Å². The summed E-state index contributed by atoms with van der Waals surface area (Å²) in [6, 6.07) is 13.5. The van der Waals surface area contributed by atoms with Gasteiger partial charge in [-0.25, -0.2) is 4.79 Å². The Kier molecular flexibility index (Phi) is 8.93. The first-order chi connectivity index (χ1) is 17.1. The number of amides is 3. The van der Waals surface area contributed by atoms with Crippen LogP contribution in [-0.4, -0.2) is 59.3 Å². The molecule has 1 aliphatic rings. The van der Waals surface area contributed by atoms with E-state index in [4.69, 9.17) is 9.47 Å². The highest BCUT2D eigenvalue weighted by Gasteiger charge is 2.41. The fourth-order valence-electron chi connectivity index (χ4n) is 3.96. The molecule has 1 fully saturated rings. The Bertz CT molecular complexity index is 1030. The zero-order valence-corrected chi connectivity index (χ0v) is 21.2. The average Bonchev–Trinajstić information content (AvgIpc) is 2.80. The van der Waals surface area contributed by atoms with Crippen molar-refractivity contribution in [2.45, 2.75) is 63.8 Å². The molecule has 0 saturated heterocycles. The monoisotopic (exact) mass is 497 g/mol. The molecule has 2 unspecified atom stereocenters. The Morgan fingerprint density at radius 3 is 2.19 bits per heavy atom. The zero-order chi connectivity index (χ0) is 26.3. The number of anilines is 1. The number of nitrogens with one attached hydrogen (secondary N) is 2. The summed E-state index contributed by atoms with van der Waals surface area (Å²) < 4.78 is 10.5. The van der Waals surface area contributed by atoms with E-state index in [-0.39, 0.29) is 6.04 Å². The first-order valence-electron chi connectivity index (χ1n) is 12.1. The summed E-state index contributed by atoms with van der Waals surface area (Å²) in [5.41, 5.74) is 0.400. The normalized spacial score (nSPS) is 15.1. The summed E-state index contributed by atoms with van der Waals surface area (Å²) in [7, 11) is 1.56. The summed E-state index contributed by atoms with van der Waals surface area (Å²) in [6.07, 6.45) is 1.53. The lowest BCUT2D eigenvalue weighted by atomic mass is 9.88. The number of hydrogen-bond acceptors (Lipinski definition) is 6. The largest absolute Gasteiger partial charge is 0.497 e. The van der Waals surface area contributed by atoms with Crippen molar-refractivity contribution in [2.24, 2.45) is 0 Å².